The normalized spacial score (nSPS) is 17.2. The minimum atomic E-state index is -0.869. The van der Waals surface area contributed by atoms with Crippen LogP contribution in [0.5, 0.6) is 0 Å². The van der Waals surface area contributed by atoms with E-state index in [-0.39, 0.29) is 12.3 Å². The van der Waals surface area contributed by atoms with Crippen molar-refractivity contribution >= 4 is 11.9 Å². The Morgan fingerprint density at radius 2 is 2.05 bits per heavy atom. The minimum absolute atomic E-state index is 0.0711. The largest absolute Gasteiger partial charge is 0.481 e. The summed E-state index contributed by atoms with van der Waals surface area (Å²) < 4.78 is 0. The molecule has 2 rings (SSSR count). The van der Waals surface area contributed by atoms with Crippen molar-refractivity contribution in [2.45, 2.75) is 52.0 Å². The van der Waals surface area contributed by atoms with E-state index in [1.165, 1.54) is 0 Å². The van der Waals surface area contributed by atoms with Gasteiger partial charge in [0.15, 0.2) is 0 Å². The Morgan fingerprint density at radius 1 is 1.33 bits per heavy atom. The number of aliphatic carboxylic acids is 1. The van der Waals surface area contributed by atoms with E-state index in [1.807, 2.05) is 13.0 Å². The summed E-state index contributed by atoms with van der Waals surface area (Å²) >= 11 is 0. The molecule has 0 bridgehead atoms. The molecule has 1 fully saturated rings. The SMILES string of the molecule is Cc1ccncc1CNC(=O)CC1(C(=O)O)CCCCC1. The van der Waals surface area contributed by atoms with E-state index in [0.717, 1.165) is 30.4 Å². The maximum atomic E-state index is 12.1. The van der Waals surface area contributed by atoms with Gasteiger partial charge in [-0.05, 0) is 37.0 Å². The average molecular weight is 290 g/mol. The fourth-order valence-corrected chi connectivity index (χ4v) is 2.94. The molecule has 1 aromatic heterocycles. The van der Waals surface area contributed by atoms with Crippen molar-refractivity contribution in [2.75, 3.05) is 0 Å². The van der Waals surface area contributed by atoms with Crippen molar-refractivity contribution in [2.24, 2.45) is 5.41 Å². The van der Waals surface area contributed by atoms with Crippen LogP contribution >= 0.6 is 0 Å². The van der Waals surface area contributed by atoms with E-state index in [1.54, 1.807) is 12.4 Å². The zero-order valence-electron chi connectivity index (χ0n) is 12.4. The Morgan fingerprint density at radius 3 is 2.67 bits per heavy atom. The maximum absolute atomic E-state index is 12.1. The summed E-state index contributed by atoms with van der Waals surface area (Å²) in [5.41, 5.74) is 1.15. The Hall–Kier alpha value is -1.91. The van der Waals surface area contributed by atoms with Gasteiger partial charge in [-0.25, -0.2) is 0 Å². The summed E-state index contributed by atoms with van der Waals surface area (Å²) in [6.45, 7) is 2.36. The number of aromatic nitrogens is 1. The molecular formula is C16H22N2O3. The smallest absolute Gasteiger partial charge is 0.310 e. The molecule has 1 saturated carbocycles. The van der Waals surface area contributed by atoms with Crippen molar-refractivity contribution in [3.05, 3.63) is 29.6 Å². The third-order valence-corrected chi connectivity index (χ3v) is 4.39. The Bertz CT molecular complexity index is 522. The number of hydrogen-bond donors (Lipinski definition) is 2. The molecule has 1 heterocycles. The number of nitrogens with one attached hydrogen (secondary N) is 1. The van der Waals surface area contributed by atoms with Crippen molar-refractivity contribution in [3.8, 4) is 0 Å². The van der Waals surface area contributed by atoms with Gasteiger partial charge < -0.3 is 10.4 Å². The second kappa shape index (κ2) is 6.70. The first kappa shape index (κ1) is 15.5. The first-order valence-electron chi connectivity index (χ1n) is 7.43. The molecule has 0 aromatic carbocycles. The molecular weight excluding hydrogens is 268 g/mol. The van der Waals surface area contributed by atoms with Gasteiger partial charge in [0, 0.05) is 25.4 Å². The third-order valence-electron chi connectivity index (χ3n) is 4.39. The zero-order chi connectivity index (χ0) is 15.3. The van der Waals surface area contributed by atoms with Crippen molar-refractivity contribution < 1.29 is 14.7 Å². The standard InChI is InChI=1S/C16H22N2O3/c1-12-5-8-17-10-13(12)11-18-14(19)9-16(15(20)21)6-3-2-4-7-16/h5,8,10H,2-4,6-7,9,11H2,1H3,(H,18,19)(H,20,21). The second-order valence-corrected chi connectivity index (χ2v) is 5.90. The summed E-state index contributed by atoms with van der Waals surface area (Å²) in [4.78, 5) is 27.7. The number of aryl methyl sites for hydroxylation is 1. The summed E-state index contributed by atoms with van der Waals surface area (Å²) in [5.74, 6) is -1.03. The number of hydrogen-bond acceptors (Lipinski definition) is 3. The molecule has 0 unspecified atom stereocenters. The van der Waals surface area contributed by atoms with Gasteiger partial charge in [0.25, 0.3) is 0 Å². The van der Waals surface area contributed by atoms with Crippen molar-refractivity contribution in [1.29, 1.82) is 0 Å². The highest BCUT2D eigenvalue weighted by atomic mass is 16.4. The number of rotatable bonds is 5. The fourth-order valence-electron chi connectivity index (χ4n) is 2.94. The molecule has 1 aliphatic carbocycles. The van der Waals surface area contributed by atoms with Gasteiger partial charge in [-0.3, -0.25) is 14.6 Å². The first-order valence-corrected chi connectivity index (χ1v) is 7.43. The molecule has 1 amide bonds. The van der Waals surface area contributed by atoms with Crippen LogP contribution in [0.25, 0.3) is 0 Å². The lowest BCUT2D eigenvalue weighted by Crippen LogP contribution is -2.39. The lowest BCUT2D eigenvalue weighted by atomic mass is 9.71. The molecule has 1 aliphatic rings. The van der Waals surface area contributed by atoms with Gasteiger partial charge in [-0.2, -0.15) is 0 Å². The lowest BCUT2D eigenvalue weighted by Gasteiger charge is -2.32. The van der Waals surface area contributed by atoms with Crippen molar-refractivity contribution in [1.82, 2.24) is 10.3 Å². The third kappa shape index (κ3) is 3.80. The predicted octanol–water partition coefficient (Wildman–Crippen LogP) is 2.43. The van der Waals surface area contributed by atoms with E-state index < -0.39 is 11.4 Å². The minimum Gasteiger partial charge on any atom is -0.481 e. The highest BCUT2D eigenvalue weighted by Gasteiger charge is 2.41. The first-order chi connectivity index (χ1) is 10.0. The predicted molar refractivity (Wildman–Crippen MR) is 78.6 cm³/mol. The number of carbonyl (C=O) groups excluding carboxylic acids is 1. The highest BCUT2D eigenvalue weighted by molar-refractivity contribution is 5.85. The van der Waals surface area contributed by atoms with Crippen LogP contribution in [0.2, 0.25) is 0 Å². The quantitative estimate of drug-likeness (QED) is 0.873. The highest BCUT2D eigenvalue weighted by Crippen LogP contribution is 2.39. The van der Waals surface area contributed by atoms with Gasteiger partial charge in [0.1, 0.15) is 0 Å². The molecule has 0 saturated heterocycles. The van der Waals surface area contributed by atoms with Gasteiger partial charge in [-0.15, -0.1) is 0 Å². The van der Waals surface area contributed by atoms with Crippen LogP contribution in [0.1, 0.15) is 49.7 Å². The van der Waals surface area contributed by atoms with Gasteiger partial charge in [0.2, 0.25) is 5.91 Å². The molecule has 114 valence electrons. The molecule has 0 radical (unpaired) electrons. The number of carboxylic acid groups (broad SMARTS) is 1. The summed E-state index contributed by atoms with van der Waals surface area (Å²) in [7, 11) is 0. The molecule has 5 heteroatoms. The van der Waals surface area contributed by atoms with Crippen LogP contribution in [-0.4, -0.2) is 22.0 Å². The van der Waals surface area contributed by atoms with Crippen molar-refractivity contribution in [3.63, 3.8) is 0 Å². The van der Waals surface area contributed by atoms with E-state index in [4.69, 9.17) is 0 Å². The van der Waals surface area contributed by atoms with Gasteiger partial charge in [-0.1, -0.05) is 19.3 Å². The number of nitrogens with zero attached hydrogens (tertiary/aromatic N) is 1. The molecule has 0 spiro atoms. The lowest BCUT2D eigenvalue weighted by molar-refractivity contribution is -0.154. The van der Waals surface area contributed by atoms with Gasteiger partial charge >= 0.3 is 5.97 Å². The Kier molecular flexibility index (Phi) is 4.94. The fraction of sp³-hybridized carbons (Fsp3) is 0.562. The second-order valence-electron chi connectivity index (χ2n) is 5.90. The Balaban J connectivity index is 1.94. The van der Waals surface area contributed by atoms with Gasteiger partial charge in [0.05, 0.1) is 5.41 Å². The monoisotopic (exact) mass is 290 g/mol. The number of amides is 1. The summed E-state index contributed by atoms with van der Waals surface area (Å²) in [6, 6.07) is 1.89. The molecule has 0 aliphatic heterocycles. The zero-order valence-corrected chi connectivity index (χ0v) is 12.4. The van der Waals surface area contributed by atoms with E-state index in [0.29, 0.717) is 19.4 Å². The molecule has 5 nitrogen and oxygen atoms in total. The number of carboxylic acids is 1. The number of pyridine rings is 1. The van der Waals surface area contributed by atoms with Crippen LogP contribution < -0.4 is 5.32 Å². The summed E-state index contributed by atoms with van der Waals surface area (Å²) in [5, 5.41) is 12.3. The van der Waals surface area contributed by atoms with E-state index >= 15 is 0 Å². The topological polar surface area (TPSA) is 79.3 Å². The van der Waals surface area contributed by atoms with Crippen LogP contribution in [-0.2, 0) is 16.1 Å². The number of carbonyl (C=O) groups is 2. The van der Waals surface area contributed by atoms with E-state index in [2.05, 4.69) is 10.3 Å². The summed E-state index contributed by atoms with van der Waals surface area (Å²) in [6.07, 6.45) is 7.55. The van der Waals surface area contributed by atoms with Crippen LogP contribution in [0, 0.1) is 12.3 Å². The average Bonchev–Trinajstić information content (AvgIpc) is 2.47. The Labute approximate surface area is 124 Å². The van der Waals surface area contributed by atoms with E-state index in [9.17, 15) is 14.7 Å². The van der Waals surface area contributed by atoms with Crippen LogP contribution in [0.15, 0.2) is 18.5 Å². The van der Waals surface area contributed by atoms with Crippen LogP contribution in [0.4, 0.5) is 0 Å². The van der Waals surface area contributed by atoms with Crippen LogP contribution in [0.3, 0.4) is 0 Å². The molecule has 1 aromatic rings. The molecule has 21 heavy (non-hydrogen) atoms. The molecule has 0 atom stereocenters. The maximum Gasteiger partial charge on any atom is 0.310 e. The molecule has 2 N–H and O–H groups in total.